The number of carboxylic acid groups (broad SMARTS) is 1. The first-order chi connectivity index (χ1) is 12.1. The summed E-state index contributed by atoms with van der Waals surface area (Å²) in [6, 6.07) is 6.61. The van der Waals surface area contributed by atoms with Crippen molar-refractivity contribution in [3.63, 3.8) is 0 Å². The second-order valence-electron chi connectivity index (χ2n) is 7.23. The van der Waals surface area contributed by atoms with Crippen molar-refractivity contribution in [3.05, 3.63) is 29.8 Å². The molecule has 0 aliphatic carbocycles. The lowest BCUT2D eigenvalue weighted by Gasteiger charge is -2.28. The first-order valence-electron chi connectivity index (χ1n) is 8.95. The summed E-state index contributed by atoms with van der Waals surface area (Å²) in [6.45, 7) is 6.10. The van der Waals surface area contributed by atoms with Gasteiger partial charge in [-0.2, -0.15) is 0 Å². The molecular formula is C19H27NO5S. The van der Waals surface area contributed by atoms with E-state index in [1.54, 1.807) is 36.1 Å². The molecule has 144 valence electrons. The third-order valence-corrected chi connectivity index (χ3v) is 7.23. The average molecular weight is 381 g/mol. The Hall–Kier alpha value is -1.89. The molecule has 6 nitrogen and oxygen atoms in total. The lowest BCUT2D eigenvalue weighted by molar-refractivity contribution is -0.151. The Morgan fingerprint density at radius 1 is 1.23 bits per heavy atom. The van der Waals surface area contributed by atoms with Crippen molar-refractivity contribution in [1.82, 2.24) is 4.90 Å². The predicted molar refractivity (Wildman–Crippen MR) is 98.6 cm³/mol. The molecule has 1 heterocycles. The Morgan fingerprint density at radius 3 is 2.31 bits per heavy atom. The van der Waals surface area contributed by atoms with Gasteiger partial charge in [-0.1, -0.05) is 32.9 Å². The number of rotatable bonds is 7. The molecular weight excluding hydrogens is 354 g/mol. The van der Waals surface area contributed by atoms with E-state index in [2.05, 4.69) is 0 Å². The molecule has 26 heavy (non-hydrogen) atoms. The number of carbonyl (C=O) groups is 2. The van der Waals surface area contributed by atoms with Gasteiger partial charge < -0.3 is 10.0 Å². The van der Waals surface area contributed by atoms with Gasteiger partial charge in [0.2, 0.25) is 5.91 Å². The fourth-order valence-electron chi connectivity index (χ4n) is 3.38. The van der Waals surface area contributed by atoms with Gasteiger partial charge in [0.05, 0.1) is 16.1 Å². The van der Waals surface area contributed by atoms with Crippen molar-refractivity contribution < 1.29 is 23.1 Å². The molecule has 1 fully saturated rings. The predicted octanol–water partition coefficient (Wildman–Crippen LogP) is 2.37. The number of carbonyl (C=O) groups excluding carboxylic acids is 1. The first kappa shape index (κ1) is 20.4. The Morgan fingerprint density at radius 2 is 1.85 bits per heavy atom. The van der Waals surface area contributed by atoms with Crippen LogP contribution < -0.4 is 0 Å². The molecule has 0 radical (unpaired) electrons. The first-order valence-corrected chi connectivity index (χ1v) is 10.6. The SMILES string of the molecule is CCS(=O)(=O)c1ccc(CCC(=O)N2CCC(C(=O)O)(C(C)C)C2)cc1. The van der Waals surface area contributed by atoms with Crippen LogP contribution in [0.25, 0.3) is 0 Å². The maximum atomic E-state index is 12.5. The number of hydrogen-bond acceptors (Lipinski definition) is 4. The topological polar surface area (TPSA) is 91.8 Å². The number of aliphatic carboxylic acids is 1. The molecule has 1 amide bonds. The average Bonchev–Trinajstić information content (AvgIpc) is 3.07. The van der Waals surface area contributed by atoms with E-state index >= 15 is 0 Å². The molecule has 1 atom stereocenters. The maximum Gasteiger partial charge on any atom is 0.311 e. The van der Waals surface area contributed by atoms with Crippen LogP contribution in [0.1, 0.15) is 39.2 Å². The maximum absolute atomic E-state index is 12.5. The van der Waals surface area contributed by atoms with Crippen molar-refractivity contribution in [2.24, 2.45) is 11.3 Å². The molecule has 0 spiro atoms. The molecule has 1 aliphatic heterocycles. The highest BCUT2D eigenvalue weighted by Crippen LogP contribution is 2.38. The number of carboxylic acids is 1. The fraction of sp³-hybridized carbons (Fsp3) is 0.579. The number of amides is 1. The van der Waals surface area contributed by atoms with E-state index < -0.39 is 21.2 Å². The van der Waals surface area contributed by atoms with Gasteiger partial charge in [0, 0.05) is 19.5 Å². The Bertz CT molecular complexity index is 770. The van der Waals surface area contributed by atoms with Crippen LogP contribution >= 0.6 is 0 Å². The van der Waals surface area contributed by atoms with E-state index in [0.29, 0.717) is 19.4 Å². The molecule has 1 saturated heterocycles. The van der Waals surface area contributed by atoms with E-state index in [9.17, 15) is 23.1 Å². The largest absolute Gasteiger partial charge is 0.481 e. The molecule has 1 aromatic carbocycles. The molecule has 7 heteroatoms. The van der Waals surface area contributed by atoms with E-state index in [0.717, 1.165) is 5.56 Å². The molecule has 0 bridgehead atoms. The van der Waals surface area contributed by atoms with Crippen molar-refractivity contribution in [1.29, 1.82) is 0 Å². The number of aryl methyl sites for hydroxylation is 1. The van der Waals surface area contributed by atoms with Crippen LogP contribution in [0, 0.1) is 11.3 Å². The van der Waals surface area contributed by atoms with Gasteiger partial charge in [0.25, 0.3) is 0 Å². The molecule has 0 aromatic heterocycles. The third kappa shape index (κ3) is 4.09. The minimum atomic E-state index is -3.22. The van der Waals surface area contributed by atoms with Gasteiger partial charge in [-0.3, -0.25) is 9.59 Å². The minimum Gasteiger partial charge on any atom is -0.481 e. The van der Waals surface area contributed by atoms with Crippen molar-refractivity contribution in [2.45, 2.75) is 44.9 Å². The Labute approximate surface area is 155 Å². The van der Waals surface area contributed by atoms with Gasteiger partial charge in [0.1, 0.15) is 0 Å². The summed E-state index contributed by atoms with van der Waals surface area (Å²) in [5.74, 6) is -0.874. The van der Waals surface area contributed by atoms with Crippen LogP contribution in [-0.2, 0) is 25.8 Å². The summed E-state index contributed by atoms with van der Waals surface area (Å²) in [4.78, 5) is 26.1. The molecule has 1 unspecified atom stereocenters. The number of likely N-dealkylation sites (tertiary alicyclic amines) is 1. The van der Waals surface area contributed by atoms with Crippen LogP contribution in [0.2, 0.25) is 0 Å². The van der Waals surface area contributed by atoms with E-state index in [-0.39, 0.29) is 35.4 Å². The lowest BCUT2D eigenvalue weighted by Crippen LogP contribution is -2.40. The van der Waals surface area contributed by atoms with Gasteiger partial charge >= 0.3 is 5.97 Å². The molecule has 1 N–H and O–H groups in total. The Kier molecular flexibility index (Phi) is 6.11. The van der Waals surface area contributed by atoms with E-state index in [4.69, 9.17) is 0 Å². The lowest BCUT2D eigenvalue weighted by atomic mass is 9.76. The van der Waals surface area contributed by atoms with E-state index in [1.165, 1.54) is 0 Å². The van der Waals surface area contributed by atoms with Gasteiger partial charge in [-0.15, -0.1) is 0 Å². The Balaban J connectivity index is 1.96. The molecule has 1 aliphatic rings. The summed E-state index contributed by atoms with van der Waals surface area (Å²) in [5, 5.41) is 9.57. The number of sulfone groups is 1. The highest BCUT2D eigenvalue weighted by Gasteiger charge is 2.48. The van der Waals surface area contributed by atoms with Crippen molar-refractivity contribution >= 4 is 21.7 Å². The van der Waals surface area contributed by atoms with E-state index in [1.807, 2.05) is 13.8 Å². The van der Waals surface area contributed by atoms with Crippen LogP contribution in [-0.4, -0.2) is 49.1 Å². The minimum absolute atomic E-state index is 0.0362. The van der Waals surface area contributed by atoms with Gasteiger partial charge in [-0.05, 0) is 36.5 Å². The van der Waals surface area contributed by atoms with Crippen LogP contribution in [0.5, 0.6) is 0 Å². The third-order valence-electron chi connectivity index (χ3n) is 5.47. The summed E-state index contributed by atoms with van der Waals surface area (Å²) in [5.41, 5.74) is 0.0344. The standard InChI is InChI=1S/C19H27NO5S/c1-4-26(24,25)16-8-5-15(6-9-16)7-10-17(21)20-12-11-19(13-20,14(2)3)18(22)23/h5-6,8-9,14H,4,7,10-13H2,1-3H3,(H,22,23). The molecule has 2 rings (SSSR count). The monoisotopic (exact) mass is 381 g/mol. The number of nitrogens with zero attached hydrogens (tertiary/aromatic N) is 1. The van der Waals surface area contributed by atoms with Gasteiger partial charge in [0.15, 0.2) is 9.84 Å². The highest BCUT2D eigenvalue weighted by atomic mass is 32.2. The van der Waals surface area contributed by atoms with Crippen molar-refractivity contribution in [3.8, 4) is 0 Å². The summed E-state index contributed by atoms with van der Waals surface area (Å²) in [6.07, 6.45) is 1.27. The fourth-order valence-corrected chi connectivity index (χ4v) is 4.26. The summed E-state index contributed by atoms with van der Waals surface area (Å²) >= 11 is 0. The zero-order valence-corrected chi connectivity index (χ0v) is 16.4. The smallest absolute Gasteiger partial charge is 0.311 e. The van der Waals surface area contributed by atoms with Crippen LogP contribution in [0.3, 0.4) is 0 Å². The molecule has 1 aromatic rings. The normalized spacial score (nSPS) is 20.5. The number of benzene rings is 1. The zero-order valence-electron chi connectivity index (χ0n) is 15.6. The van der Waals surface area contributed by atoms with Gasteiger partial charge in [-0.25, -0.2) is 8.42 Å². The molecule has 0 saturated carbocycles. The van der Waals surface area contributed by atoms with Crippen molar-refractivity contribution in [2.75, 3.05) is 18.8 Å². The quantitative estimate of drug-likeness (QED) is 0.783. The summed E-state index contributed by atoms with van der Waals surface area (Å²) < 4.78 is 23.6. The van der Waals surface area contributed by atoms with Crippen LogP contribution in [0.4, 0.5) is 0 Å². The second kappa shape index (κ2) is 7.78. The van der Waals surface area contributed by atoms with Crippen LogP contribution in [0.15, 0.2) is 29.2 Å². The number of hydrogen-bond donors (Lipinski definition) is 1. The zero-order chi connectivity index (χ0) is 19.5. The summed E-state index contributed by atoms with van der Waals surface area (Å²) in [7, 11) is -3.22. The highest BCUT2D eigenvalue weighted by molar-refractivity contribution is 7.91. The second-order valence-corrected chi connectivity index (χ2v) is 9.51.